The topological polar surface area (TPSA) is 75.1 Å². The van der Waals surface area contributed by atoms with Gasteiger partial charge in [0.05, 0.1) is 18.7 Å². The molecule has 2 aromatic carbocycles. The molecule has 3 atom stereocenters. The van der Waals surface area contributed by atoms with E-state index in [1.54, 1.807) is 12.1 Å². The van der Waals surface area contributed by atoms with Crippen molar-refractivity contribution in [1.82, 2.24) is 20.0 Å². The maximum Gasteiger partial charge on any atom is 0.407 e. The number of nitrogens with one attached hydrogen (secondary N) is 1. The summed E-state index contributed by atoms with van der Waals surface area (Å²) in [5.41, 5.74) is 4.08. The van der Waals surface area contributed by atoms with Crippen LogP contribution in [0.25, 0.3) is 0 Å². The van der Waals surface area contributed by atoms with Crippen LogP contribution in [-0.2, 0) is 16.7 Å². The van der Waals surface area contributed by atoms with Gasteiger partial charge >= 0.3 is 6.09 Å². The summed E-state index contributed by atoms with van der Waals surface area (Å²) >= 11 is 0. The zero-order valence-corrected chi connectivity index (χ0v) is 28.0. The second-order valence-corrected chi connectivity index (χ2v) is 14.9. The Morgan fingerprint density at radius 1 is 0.957 bits per heavy atom. The number of anilines is 1. The number of hydrogen-bond acceptors (Lipinski definition) is 7. The van der Waals surface area contributed by atoms with Gasteiger partial charge in [-0.2, -0.15) is 5.26 Å². The number of amides is 1. The lowest BCUT2D eigenvalue weighted by Crippen LogP contribution is -2.60. The van der Waals surface area contributed by atoms with Gasteiger partial charge in [-0.25, -0.2) is 9.18 Å². The van der Waals surface area contributed by atoms with Crippen LogP contribution >= 0.6 is 0 Å². The van der Waals surface area contributed by atoms with Gasteiger partial charge in [0.15, 0.2) is 0 Å². The highest BCUT2D eigenvalue weighted by molar-refractivity contribution is 5.67. The van der Waals surface area contributed by atoms with Crippen molar-refractivity contribution in [2.24, 2.45) is 17.8 Å². The molecule has 0 aromatic heterocycles. The first-order valence-corrected chi connectivity index (χ1v) is 18.0. The first-order valence-electron chi connectivity index (χ1n) is 18.0. The van der Waals surface area contributed by atoms with E-state index in [9.17, 15) is 14.4 Å². The first-order chi connectivity index (χ1) is 22.9. The predicted molar refractivity (Wildman–Crippen MR) is 182 cm³/mol. The molecule has 0 spiro atoms. The average Bonchev–Trinajstić information content (AvgIpc) is 3.49. The summed E-state index contributed by atoms with van der Waals surface area (Å²) < 4.78 is 20.0. The highest BCUT2D eigenvalue weighted by Gasteiger charge is 2.53. The van der Waals surface area contributed by atoms with Gasteiger partial charge < -0.3 is 24.8 Å². The number of carbonyl (C=O) groups is 1. The molecule has 4 saturated heterocycles. The summed E-state index contributed by atoms with van der Waals surface area (Å²) in [6.07, 6.45) is 7.30. The lowest BCUT2D eigenvalue weighted by atomic mass is 9.57. The molecule has 1 N–H and O–H groups in total. The number of piperidine rings is 1. The number of halogens is 1. The van der Waals surface area contributed by atoms with Crippen LogP contribution in [0.1, 0.15) is 61.6 Å². The van der Waals surface area contributed by atoms with E-state index in [1.165, 1.54) is 25.6 Å². The zero-order chi connectivity index (χ0) is 32.4. The molecule has 9 heteroatoms. The molecule has 1 saturated carbocycles. The van der Waals surface area contributed by atoms with E-state index in [-0.39, 0.29) is 29.3 Å². The molecule has 0 bridgehead atoms. The van der Waals surface area contributed by atoms with E-state index in [2.05, 4.69) is 49.2 Å². The van der Waals surface area contributed by atoms with Gasteiger partial charge in [-0.05, 0) is 131 Å². The SMILES string of the molecule is COC(=O)N[C@H]1CCC[C@@H]1C(CN1CCC1)(c1cccc(F)c1)C1CCN(CC2CN(c3ccc(C#N)c(CN4CCC4)c3)C2)CC1. The van der Waals surface area contributed by atoms with Crippen molar-refractivity contribution in [3.63, 3.8) is 0 Å². The highest BCUT2D eigenvalue weighted by Crippen LogP contribution is 2.51. The fourth-order valence-corrected chi connectivity index (χ4v) is 9.43. The fraction of sp³-hybridized carbons (Fsp3) is 0.632. The maximum atomic E-state index is 15.0. The molecule has 4 heterocycles. The van der Waals surface area contributed by atoms with E-state index in [4.69, 9.17) is 4.74 Å². The van der Waals surface area contributed by atoms with Gasteiger partial charge in [0, 0.05) is 55.8 Å². The zero-order valence-electron chi connectivity index (χ0n) is 28.0. The quantitative estimate of drug-likeness (QED) is 0.361. The molecule has 8 nitrogen and oxygen atoms in total. The molecule has 1 aliphatic carbocycles. The summed E-state index contributed by atoms with van der Waals surface area (Å²) in [6, 6.07) is 16.2. The second kappa shape index (κ2) is 14.1. The Labute approximate surface area is 279 Å². The predicted octanol–water partition coefficient (Wildman–Crippen LogP) is 5.22. The van der Waals surface area contributed by atoms with E-state index in [1.807, 2.05) is 12.1 Å². The largest absolute Gasteiger partial charge is 0.453 e. The number of hydrogen-bond donors (Lipinski definition) is 1. The lowest BCUT2D eigenvalue weighted by Gasteiger charge is -2.54. The number of benzene rings is 2. The third-order valence-corrected chi connectivity index (χ3v) is 12.2. The van der Waals surface area contributed by atoms with E-state index in [0.29, 0.717) is 11.8 Å². The molecule has 2 aromatic rings. The summed E-state index contributed by atoms with van der Waals surface area (Å²) in [4.78, 5) is 22.6. The van der Waals surface area contributed by atoms with Gasteiger partial charge in [0.25, 0.3) is 0 Å². The molecule has 5 fully saturated rings. The van der Waals surface area contributed by atoms with Crippen LogP contribution in [0.4, 0.5) is 14.9 Å². The van der Waals surface area contributed by atoms with Crippen LogP contribution in [0.3, 0.4) is 0 Å². The molecule has 7 rings (SSSR count). The maximum absolute atomic E-state index is 15.0. The number of alkyl carbamates (subject to hydrolysis) is 1. The average molecular weight is 643 g/mol. The molecule has 0 radical (unpaired) electrons. The monoisotopic (exact) mass is 642 g/mol. The Kier molecular flexibility index (Phi) is 9.72. The van der Waals surface area contributed by atoms with Crippen LogP contribution in [-0.4, -0.2) is 99.4 Å². The number of carbonyl (C=O) groups excluding carboxylic acids is 1. The Bertz CT molecular complexity index is 1440. The minimum atomic E-state index is -0.364. The number of rotatable bonds is 11. The van der Waals surface area contributed by atoms with Gasteiger partial charge in [-0.3, -0.25) is 4.90 Å². The van der Waals surface area contributed by atoms with Crippen LogP contribution < -0.4 is 10.2 Å². The number of nitriles is 1. The number of methoxy groups -OCH3 is 1. The van der Waals surface area contributed by atoms with E-state index in [0.717, 1.165) is 121 Å². The van der Waals surface area contributed by atoms with Crippen molar-refractivity contribution < 1.29 is 13.9 Å². The van der Waals surface area contributed by atoms with Crippen LogP contribution in [0.5, 0.6) is 0 Å². The number of nitrogens with zero attached hydrogens (tertiary/aromatic N) is 5. The molecule has 252 valence electrons. The molecular formula is C38H51FN6O2. The summed E-state index contributed by atoms with van der Waals surface area (Å²) in [7, 11) is 1.44. The van der Waals surface area contributed by atoms with Crippen molar-refractivity contribution in [2.45, 2.75) is 62.9 Å². The van der Waals surface area contributed by atoms with Gasteiger partial charge in [0.2, 0.25) is 0 Å². The van der Waals surface area contributed by atoms with Crippen molar-refractivity contribution >= 4 is 11.8 Å². The van der Waals surface area contributed by atoms with Crippen molar-refractivity contribution in [3.8, 4) is 6.07 Å². The van der Waals surface area contributed by atoms with Crippen LogP contribution in [0, 0.1) is 34.9 Å². The van der Waals surface area contributed by atoms with Crippen molar-refractivity contribution in [3.05, 3.63) is 65.0 Å². The molecular weight excluding hydrogens is 591 g/mol. The van der Waals surface area contributed by atoms with E-state index >= 15 is 0 Å². The van der Waals surface area contributed by atoms with Crippen LogP contribution in [0.2, 0.25) is 0 Å². The fourth-order valence-electron chi connectivity index (χ4n) is 9.43. The normalized spacial score (nSPS) is 25.7. The Morgan fingerprint density at radius 2 is 1.72 bits per heavy atom. The summed E-state index contributed by atoms with van der Waals surface area (Å²) in [5.74, 6) is 1.11. The smallest absolute Gasteiger partial charge is 0.407 e. The first kappa shape index (κ1) is 32.4. The molecule has 47 heavy (non-hydrogen) atoms. The second-order valence-electron chi connectivity index (χ2n) is 14.9. The van der Waals surface area contributed by atoms with Crippen LogP contribution in [0.15, 0.2) is 42.5 Å². The van der Waals surface area contributed by atoms with Gasteiger partial charge in [0.1, 0.15) is 5.82 Å². The third-order valence-electron chi connectivity index (χ3n) is 12.2. The summed E-state index contributed by atoms with van der Waals surface area (Å²) in [6.45, 7) is 11.6. The Morgan fingerprint density at radius 3 is 2.38 bits per heavy atom. The van der Waals surface area contributed by atoms with Gasteiger partial charge in [-0.15, -0.1) is 0 Å². The number of ether oxygens (including phenoxy) is 1. The molecule has 4 aliphatic heterocycles. The standard InChI is InChI=1S/C38H51FN6O2/c1-47-37(46)41-36-9-3-8-35(36)38(27-44-16-5-17-44,32-6-2-7-33(39)21-32)31-12-18-43(19-13-31)23-28-24-45(25-28)34-11-10-29(22-40)30(20-34)26-42-14-4-15-42/h2,6-7,10-11,20-21,28,31,35-36H,3-5,8-9,12-19,23-27H2,1H3,(H,41,46)/t35-,36-,38?/m0/s1. The Balaban J connectivity index is 1.03. The Hall–Kier alpha value is -3.19. The van der Waals surface area contributed by atoms with E-state index < -0.39 is 0 Å². The van der Waals surface area contributed by atoms with Crippen molar-refractivity contribution in [2.75, 3.05) is 77.5 Å². The minimum Gasteiger partial charge on any atom is -0.453 e. The molecule has 5 aliphatic rings. The summed E-state index contributed by atoms with van der Waals surface area (Å²) in [5, 5.41) is 12.8. The minimum absolute atomic E-state index is 0.0274. The lowest BCUT2D eigenvalue weighted by molar-refractivity contribution is 0.0223. The third kappa shape index (κ3) is 6.75. The van der Waals surface area contributed by atoms with Crippen molar-refractivity contribution in [1.29, 1.82) is 5.26 Å². The highest BCUT2D eigenvalue weighted by atomic mass is 19.1. The van der Waals surface area contributed by atoms with Gasteiger partial charge in [-0.1, -0.05) is 18.6 Å². The number of likely N-dealkylation sites (tertiary alicyclic amines) is 3. The molecule has 1 unspecified atom stereocenters. The molecule has 1 amide bonds.